The second-order valence-electron chi connectivity index (χ2n) is 3.47. The minimum atomic E-state index is 0.0300. The summed E-state index contributed by atoms with van der Waals surface area (Å²) in [4.78, 5) is 11.4. The minimum Gasteiger partial charge on any atom is -0.385 e. The molecule has 0 spiro atoms. The molecule has 3 N–H and O–H groups in total. The Labute approximate surface area is 86.2 Å². The summed E-state index contributed by atoms with van der Waals surface area (Å²) < 4.78 is 4.91. The Bertz CT molecular complexity index is 151. The van der Waals surface area contributed by atoms with Gasteiger partial charge in [0, 0.05) is 26.2 Å². The summed E-state index contributed by atoms with van der Waals surface area (Å²) in [7, 11) is 1.68. The van der Waals surface area contributed by atoms with Crippen molar-refractivity contribution in [2.75, 3.05) is 26.8 Å². The van der Waals surface area contributed by atoms with Gasteiger partial charge in [-0.1, -0.05) is 6.92 Å². The normalized spacial score (nSPS) is 12.5. The number of carbonyl (C=O) groups is 1. The van der Waals surface area contributed by atoms with Gasteiger partial charge in [-0.2, -0.15) is 0 Å². The van der Waals surface area contributed by atoms with E-state index in [1.54, 1.807) is 7.11 Å². The Morgan fingerprint density at radius 2 is 2.21 bits per heavy atom. The van der Waals surface area contributed by atoms with Crippen molar-refractivity contribution >= 4 is 5.91 Å². The second kappa shape index (κ2) is 8.97. The molecule has 14 heavy (non-hydrogen) atoms. The number of unbranched alkanes of at least 4 members (excludes halogenated alkanes) is 1. The maximum absolute atomic E-state index is 11.4. The Balaban J connectivity index is 3.34. The van der Waals surface area contributed by atoms with Crippen molar-refractivity contribution in [3.8, 4) is 0 Å². The molecule has 0 heterocycles. The lowest BCUT2D eigenvalue weighted by Gasteiger charge is -2.10. The summed E-state index contributed by atoms with van der Waals surface area (Å²) in [5.41, 5.74) is 5.37. The molecule has 4 heteroatoms. The van der Waals surface area contributed by atoms with Crippen molar-refractivity contribution in [1.82, 2.24) is 5.32 Å². The molecule has 0 aliphatic heterocycles. The Morgan fingerprint density at radius 3 is 2.79 bits per heavy atom. The van der Waals surface area contributed by atoms with Crippen molar-refractivity contribution in [1.29, 1.82) is 0 Å². The summed E-state index contributed by atoms with van der Waals surface area (Å²) in [6.07, 6.45) is 2.71. The van der Waals surface area contributed by atoms with E-state index < -0.39 is 0 Å². The van der Waals surface area contributed by atoms with Crippen molar-refractivity contribution < 1.29 is 9.53 Å². The number of ether oxygens (including phenoxy) is 1. The summed E-state index contributed by atoms with van der Waals surface area (Å²) >= 11 is 0. The van der Waals surface area contributed by atoms with E-state index in [1.807, 2.05) is 6.92 Å². The number of methoxy groups -OCH3 is 1. The van der Waals surface area contributed by atoms with Crippen LogP contribution in [0.2, 0.25) is 0 Å². The van der Waals surface area contributed by atoms with Gasteiger partial charge in [0.15, 0.2) is 0 Å². The quantitative estimate of drug-likeness (QED) is 0.564. The van der Waals surface area contributed by atoms with Crippen LogP contribution in [-0.4, -0.2) is 32.7 Å². The molecular formula is C10H22N2O2. The first kappa shape index (κ1) is 13.4. The third-order valence-electron chi connectivity index (χ3n) is 2.12. The van der Waals surface area contributed by atoms with E-state index in [2.05, 4.69) is 5.32 Å². The highest BCUT2D eigenvalue weighted by molar-refractivity contribution is 5.78. The van der Waals surface area contributed by atoms with Crippen molar-refractivity contribution in [3.05, 3.63) is 0 Å². The highest BCUT2D eigenvalue weighted by Crippen LogP contribution is 1.99. The molecule has 4 nitrogen and oxygen atoms in total. The molecule has 0 aliphatic carbocycles. The number of rotatable bonds is 8. The number of nitrogens with one attached hydrogen (secondary N) is 1. The summed E-state index contributed by atoms with van der Waals surface area (Å²) in [5.74, 6) is 0.135. The SMILES string of the molecule is COCCCCNC(=O)C(C)CCN. The lowest BCUT2D eigenvalue weighted by molar-refractivity contribution is -0.124. The van der Waals surface area contributed by atoms with Crippen LogP contribution in [0.15, 0.2) is 0 Å². The van der Waals surface area contributed by atoms with Crippen molar-refractivity contribution in [3.63, 3.8) is 0 Å². The second-order valence-corrected chi connectivity index (χ2v) is 3.47. The molecule has 0 radical (unpaired) electrons. The van der Waals surface area contributed by atoms with Crippen LogP contribution < -0.4 is 11.1 Å². The van der Waals surface area contributed by atoms with E-state index in [9.17, 15) is 4.79 Å². The van der Waals surface area contributed by atoms with E-state index in [-0.39, 0.29) is 11.8 Å². The van der Waals surface area contributed by atoms with E-state index in [4.69, 9.17) is 10.5 Å². The van der Waals surface area contributed by atoms with Crippen LogP contribution in [0.5, 0.6) is 0 Å². The monoisotopic (exact) mass is 202 g/mol. The van der Waals surface area contributed by atoms with Gasteiger partial charge in [0.1, 0.15) is 0 Å². The van der Waals surface area contributed by atoms with Gasteiger partial charge in [-0.15, -0.1) is 0 Å². The molecule has 0 aromatic heterocycles. The van der Waals surface area contributed by atoms with E-state index in [0.29, 0.717) is 6.54 Å². The Kier molecular flexibility index (Phi) is 8.57. The average molecular weight is 202 g/mol. The number of hydrogen-bond acceptors (Lipinski definition) is 3. The van der Waals surface area contributed by atoms with Gasteiger partial charge in [0.2, 0.25) is 5.91 Å². The predicted octanol–water partition coefficient (Wildman–Crippen LogP) is 0.514. The van der Waals surface area contributed by atoms with Crippen LogP contribution in [-0.2, 0) is 9.53 Å². The molecular weight excluding hydrogens is 180 g/mol. The summed E-state index contributed by atoms with van der Waals surface area (Å²) in [5, 5.41) is 2.88. The molecule has 1 amide bonds. The highest BCUT2D eigenvalue weighted by Gasteiger charge is 2.10. The molecule has 1 atom stereocenters. The van der Waals surface area contributed by atoms with E-state index in [1.165, 1.54) is 0 Å². The van der Waals surface area contributed by atoms with Gasteiger partial charge >= 0.3 is 0 Å². The number of amides is 1. The maximum Gasteiger partial charge on any atom is 0.222 e. The molecule has 0 saturated heterocycles. The number of carbonyl (C=O) groups excluding carboxylic acids is 1. The zero-order valence-electron chi connectivity index (χ0n) is 9.21. The fourth-order valence-electron chi connectivity index (χ4n) is 1.14. The van der Waals surface area contributed by atoms with Crippen LogP contribution in [0.3, 0.4) is 0 Å². The average Bonchev–Trinajstić information content (AvgIpc) is 2.17. The lowest BCUT2D eigenvalue weighted by atomic mass is 10.1. The largest absolute Gasteiger partial charge is 0.385 e. The predicted molar refractivity (Wildman–Crippen MR) is 57.0 cm³/mol. The third-order valence-corrected chi connectivity index (χ3v) is 2.12. The van der Waals surface area contributed by atoms with Crippen LogP contribution in [0, 0.1) is 5.92 Å². The number of hydrogen-bond donors (Lipinski definition) is 2. The zero-order valence-corrected chi connectivity index (χ0v) is 9.21. The van der Waals surface area contributed by atoms with Gasteiger partial charge in [-0.3, -0.25) is 4.79 Å². The third kappa shape index (κ3) is 6.86. The minimum absolute atomic E-state index is 0.0300. The molecule has 0 aliphatic rings. The van der Waals surface area contributed by atoms with E-state index in [0.717, 1.165) is 32.4 Å². The molecule has 0 bridgehead atoms. The molecule has 1 unspecified atom stereocenters. The highest BCUT2D eigenvalue weighted by atomic mass is 16.5. The maximum atomic E-state index is 11.4. The van der Waals surface area contributed by atoms with Crippen molar-refractivity contribution in [2.45, 2.75) is 26.2 Å². The Hall–Kier alpha value is -0.610. The van der Waals surface area contributed by atoms with E-state index >= 15 is 0 Å². The molecule has 84 valence electrons. The summed E-state index contributed by atoms with van der Waals surface area (Å²) in [6, 6.07) is 0. The topological polar surface area (TPSA) is 64.3 Å². The van der Waals surface area contributed by atoms with Crippen LogP contribution in [0.1, 0.15) is 26.2 Å². The first-order chi connectivity index (χ1) is 6.72. The smallest absolute Gasteiger partial charge is 0.222 e. The molecule has 0 aromatic rings. The zero-order chi connectivity index (χ0) is 10.8. The fourth-order valence-corrected chi connectivity index (χ4v) is 1.14. The van der Waals surface area contributed by atoms with Gasteiger partial charge in [-0.05, 0) is 25.8 Å². The first-order valence-electron chi connectivity index (χ1n) is 5.19. The molecule has 0 fully saturated rings. The van der Waals surface area contributed by atoms with Gasteiger partial charge in [-0.25, -0.2) is 0 Å². The summed E-state index contributed by atoms with van der Waals surface area (Å²) in [6.45, 7) is 3.96. The van der Waals surface area contributed by atoms with Crippen LogP contribution in [0.25, 0.3) is 0 Å². The van der Waals surface area contributed by atoms with Gasteiger partial charge in [0.25, 0.3) is 0 Å². The van der Waals surface area contributed by atoms with Gasteiger partial charge < -0.3 is 15.8 Å². The number of nitrogens with two attached hydrogens (primary N) is 1. The van der Waals surface area contributed by atoms with Crippen molar-refractivity contribution in [2.24, 2.45) is 11.7 Å². The molecule has 0 aromatic carbocycles. The standard InChI is InChI=1S/C10H22N2O2/c1-9(5-6-11)10(13)12-7-3-4-8-14-2/h9H,3-8,11H2,1-2H3,(H,12,13). The first-order valence-corrected chi connectivity index (χ1v) is 5.19. The molecule has 0 rings (SSSR count). The van der Waals surface area contributed by atoms with Crippen LogP contribution >= 0.6 is 0 Å². The van der Waals surface area contributed by atoms with Crippen LogP contribution in [0.4, 0.5) is 0 Å². The lowest BCUT2D eigenvalue weighted by Crippen LogP contribution is -2.31. The Morgan fingerprint density at radius 1 is 1.50 bits per heavy atom. The fraction of sp³-hybridized carbons (Fsp3) is 0.900. The van der Waals surface area contributed by atoms with Gasteiger partial charge in [0.05, 0.1) is 0 Å². The molecule has 0 saturated carbocycles.